The van der Waals surface area contributed by atoms with Crippen LogP contribution in [0.1, 0.15) is 35.7 Å². The number of rotatable bonds is 3. The van der Waals surface area contributed by atoms with Gasteiger partial charge in [0.05, 0.1) is 16.6 Å². The topological polar surface area (TPSA) is 56.7 Å². The van der Waals surface area contributed by atoms with Crippen LogP contribution in [0.25, 0.3) is 11.4 Å². The Morgan fingerprint density at radius 1 is 1.23 bits per heavy atom. The molecule has 0 saturated carbocycles. The summed E-state index contributed by atoms with van der Waals surface area (Å²) >= 11 is 6.18. The molecule has 0 aliphatic carbocycles. The molecule has 0 saturated heterocycles. The number of hydrogen-bond acceptors (Lipinski definition) is 4. The van der Waals surface area contributed by atoms with E-state index in [1.165, 1.54) is 0 Å². The average Bonchev–Trinajstić information content (AvgIpc) is 3.05. The van der Waals surface area contributed by atoms with Gasteiger partial charge in [0.25, 0.3) is 0 Å². The summed E-state index contributed by atoms with van der Waals surface area (Å²) in [5.74, 6) is 1.05. The number of halogens is 1. The number of aryl methyl sites for hydroxylation is 2. The summed E-state index contributed by atoms with van der Waals surface area (Å²) < 4.78 is 7.32. The lowest BCUT2D eigenvalue weighted by molar-refractivity contribution is 0.370. The van der Waals surface area contributed by atoms with Crippen LogP contribution in [0.2, 0.25) is 5.02 Å². The molecule has 1 atom stereocenters. The molecule has 0 bridgehead atoms. The first kappa shape index (κ1) is 14.8. The molecule has 114 valence electrons. The van der Waals surface area contributed by atoms with Crippen molar-refractivity contribution in [2.45, 2.75) is 26.7 Å². The van der Waals surface area contributed by atoms with Crippen molar-refractivity contribution in [3.8, 4) is 11.4 Å². The highest BCUT2D eigenvalue weighted by molar-refractivity contribution is 6.33. The van der Waals surface area contributed by atoms with Crippen LogP contribution < -0.4 is 0 Å². The zero-order valence-corrected chi connectivity index (χ0v) is 13.7. The van der Waals surface area contributed by atoms with E-state index in [-0.39, 0.29) is 5.92 Å². The SMILES string of the molecule is Cc1nn(C)c(C)c1C(C)c1nc(-c2ccccc2Cl)no1. The molecular weight excluding hydrogens is 300 g/mol. The van der Waals surface area contributed by atoms with E-state index in [4.69, 9.17) is 16.1 Å². The van der Waals surface area contributed by atoms with Gasteiger partial charge in [-0.2, -0.15) is 10.1 Å². The van der Waals surface area contributed by atoms with Crippen molar-refractivity contribution in [3.05, 3.63) is 52.1 Å². The molecule has 2 aromatic heterocycles. The minimum Gasteiger partial charge on any atom is -0.338 e. The minimum atomic E-state index is -0.0163. The maximum Gasteiger partial charge on any atom is 0.234 e. The summed E-state index contributed by atoms with van der Waals surface area (Å²) in [5.41, 5.74) is 3.97. The second-order valence-electron chi connectivity index (χ2n) is 5.37. The number of benzene rings is 1. The lowest BCUT2D eigenvalue weighted by Gasteiger charge is -2.07. The number of aromatic nitrogens is 4. The first-order valence-electron chi connectivity index (χ1n) is 7.07. The summed E-state index contributed by atoms with van der Waals surface area (Å²) in [4.78, 5) is 4.51. The lowest BCUT2D eigenvalue weighted by atomic mass is 9.99. The molecule has 2 heterocycles. The van der Waals surface area contributed by atoms with Gasteiger partial charge < -0.3 is 4.52 Å². The predicted octanol–water partition coefficient (Wildman–Crippen LogP) is 3.89. The van der Waals surface area contributed by atoms with E-state index in [1.807, 2.05) is 56.8 Å². The largest absolute Gasteiger partial charge is 0.338 e. The molecule has 0 radical (unpaired) electrons. The first-order chi connectivity index (χ1) is 10.5. The van der Waals surface area contributed by atoms with Crippen LogP contribution in [-0.2, 0) is 7.05 Å². The third kappa shape index (κ3) is 2.41. The maximum atomic E-state index is 6.18. The van der Waals surface area contributed by atoms with Crippen molar-refractivity contribution in [2.24, 2.45) is 7.05 Å². The highest BCUT2D eigenvalue weighted by Gasteiger charge is 2.23. The van der Waals surface area contributed by atoms with Gasteiger partial charge in [0.15, 0.2) is 0 Å². The average molecular weight is 317 g/mol. The molecule has 0 fully saturated rings. The molecule has 3 aromatic rings. The minimum absolute atomic E-state index is 0.0163. The summed E-state index contributed by atoms with van der Waals surface area (Å²) in [6.07, 6.45) is 0. The monoisotopic (exact) mass is 316 g/mol. The Balaban J connectivity index is 1.99. The third-order valence-electron chi connectivity index (χ3n) is 3.92. The molecule has 0 aliphatic heterocycles. The van der Waals surface area contributed by atoms with Gasteiger partial charge >= 0.3 is 0 Å². The van der Waals surface area contributed by atoms with E-state index in [0.29, 0.717) is 16.7 Å². The van der Waals surface area contributed by atoms with E-state index in [9.17, 15) is 0 Å². The van der Waals surface area contributed by atoms with Gasteiger partial charge in [-0.15, -0.1) is 0 Å². The molecule has 5 nitrogen and oxygen atoms in total. The summed E-state index contributed by atoms with van der Waals surface area (Å²) in [6.45, 7) is 6.07. The van der Waals surface area contributed by atoms with Crippen LogP contribution >= 0.6 is 11.6 Å². The fourth-order valence-corrected chi connectivity index (χ4v) is 2.92. The zero-order chi connectivity index (χ0) is 15.9. The Morgan fingerprint density at radius 2 is 1.95 bits per heavy atom. The van der Waals surface area contributed by atoms with Crippen molar-refractivity contribution in [1.29, 1.82) is 0 Å². The van der Waals surface area contributed by atoms with Crippen molar-refractivity contribution < 1.29 is 4.52 Å². The fraction of sp³-hybridized carbons (Fsp3) is 0.312. The lowest BCUT2D eigenvalue weighted by Crippen LogP contribution is -2.00. The van der Waals surface area contributed by atoms with Gasteiger partial charge in [0.2, 0.25) is 11.7 Å². The van der Waals surface area contributed by atoms with Gasteiger partial charge in [-0.05, 0) is 32.9 Å². The van der Waals surface area contributed by atoms with Crippen LogP contribution in [0.4, 0.5) is 0 Å². The smallest absolute Gasteiger partial charge is 0.234 e. The van der Waals surface area contributed by atoms with Crippen LogP contribution in [-0.4, -0.2) is 19.9 Å². The van der Waals surface area contributed by atoms with Gasteiger partial charge in [-0.1, -0.05) is 28.9 Å². The standard InChI is InChI=1S/C16H17ClN4O/c1-9(14-10(2)19-21(4)11(14)3)16-18-15(20-22-16)12-7-5-6-8-13(12)17/h5-9H,1-4H3. The zero-order valence-electron chi connectivity index (χ0n) is 13.0. The molecule has 0 spiro atoms. The maximum absolute atomic E-state index is 6.18. The Labute approximate surface area is 133 Å². The van der Waals surface area contributed by atoms with Crippen molar-refractivity contribution in [1.82, 2.24) is 19.9 Å². The number of hydrogen-bond donors (Lipinski definition) is 0. The number of nitrogens with zero attached hydrogens (tertiary/aromatic N) is 4. The van der Waals surface area contributed by atoms with Gasteiger partial charge in [0.1, 0.15) is 0 Å². The molecular formula is C16H17ClN4O. The molecule has 0 amide bonds. The highest BCUT2D eigenvalue weighted by atomic mass is 35.5. The van der Waals surface area contributed by atoms with Crippen molar-refractivity contribution in [2.75, 3.05) is 0 Å². The van der Waals surface area contributed by atoms with E-state index in [0.717, 1.165) is 22.5 Å². The molecule has 1 aromatic carbocycles. The van der Waals surface area contributed by atoms with Gasteiger partial charge in [0, 0.05) is 23.9 Å². The normalized spacial score (nSPS) is 12.6. The van der Waals surface area contributed by atoms with Crippen LogP contribution in [0.5, 0.6) is 0 Å². The van der Waals surface area contributed by atoms with Crippen LogP contribution in [0.3, 0.4) is 0 Å². The Kier molecular flexibility index (Phi) is 3.74. The quantitative estimate of drug-likeness (QED) is 0.735. The molecule has 22 heavy (non-hydrogen) atoms. The molecule has 1 unspecified atom stereocenters. The van der Waals surface area contributed by atoms with E-state index < -0.39 is 0 Å². The highest BCUT2D eigenvalue weighted by Crippen LogP contribution is 2.31. The Morgan fingerprint density at radius 3 is 2.59 bits per heavy atom. The summed E-state index contributed by atoms with van der Waals surface area (Å²) in [7, 11) is 1.93. The van der Waals surface area contributed by atoms with Crippen LogP contribution in [0, 0.1) is 13.8 Å². The second-order valence-corrected chi connectivity index (χ2v) is 5.77. The predicted molar refractivity (Wildman–Crippen MR) is 84.9 cm³/mol. The molecule has 0 aliphatic rings. The molecule has 0 N–H and O–H groups in total. The Bertz CT molecular complexity index is 821. The summed E-state index contributed by atoms with van der Waals surface area (Å²) in [6, 6.07) is 7.46. The molecule has 3 rings (SSSR count). The first-order valence-corrected chi connectivity index (χ1v) is 7.45. The van der Waals surface area contributed by atoms with Crippen molar-refractivity contribution >= 4 is 11.6 Å². The van der Waals surface area contributed by atoms with E-state index >= 15 is 0 Å². The Hall–Kier alpha value is -2.14. The summed E-state index contributed by atoms with van der Waals surface area (Å²) in [5, 5.41) is 9.11. The van der Waals surface area contributed by atoms with E-state index in [2.05, 4.69) is 15.2 Å². The second kappa shape index (κ2) is 5.57. The van der Waals surface area contributed by atoms with Gasteiger partial charge in [-0.25, -0.2) is 0 Å². The molecule has 6 heteroatoms. The third-order valence-corrected chi connectivity index (χ3v) is 4.25. The fourth-order valence-electron chi connectivity index (χ4n) is 2.70. The van der Waals surface area contributed by atoms with E-state index in [1.54, 1.807) is 0 Å². The van der Waals surface area contributed by atoms with Crippen molar-refractivity contribution in [3.63, 3.8) is 0 Å². The van der Waals surface area contributed by atoms with Crippen LogP contribution in [0.15, 0.2) is 28.8 Å². The van der Waals surface area contributed by atoms with Gasteiger partial charge in [-0.3, -0.25) is 4.68 Å².